The zero-order chi connectivity index (χ0) is 20.0. The fraction of sp³-hybridized carbons (Fsp3) is 0.476. The van der Waals surface area contributed by atoms with Crippen molar-refractivity contribution in [1.29, 1.82) is 0 Å². The number of fused-ring (bicyclic) bond motifs is 3. The Hall–Kier alpha value is -2.83. The molecule has 2 aromatic rings. The van der Waals surface area contributed by atoms with E-state index in [0.29, 0.717) is 60.4 Å². The summed E-state index contributed by atoms with van der Waals surface area (Å²) >= 11 is 0. The largest absolute Gasteiger partial charge is 0.504 e. The van der Waals surface area contributed by atoms with Gasteiger partial charge in [0.25, 0.3) is 0 Å². The number of hydrogen-bond acceptors (Lipinski definition) is 6. The molecule has 1 fully saturated rings. The Balaban J connectivity index is 1.87. The predicted octanol–water partition coefficient (Wildman–Crippen LogP) is 2.36. The first kappa shape index (κ1) is 18.5. The molecule has 2 aliphatic rings. The molecule has 1 aromatic heterocycles. The maximum atomic E-state index is 12.7. The number of aromatic hydroxyl groups is 1. The molecule has 3 heterocycles. The summed E-state index contributed by atoms with van der Waals surface area (Å²) in [5.74, 6) is 0.331. The Morgan fingerprint density at radius 1 is 1.39 bits per heavy atom. The van der Waals surface area contributed by atoms with Crippen molar-refractivity contribution in [3.63, 3.8) is 0 Å². The van der Waals surface area contributed by atoms with Gasteiger partial charge in [0.05, 0.1) is 18.6 Å². The van der Waals surface area contributed by atoms with Gasteiger partial charge in [-0.15, -0.1) is 0 Å². The molecule has 1 unspecified atom stereocenters. The number of ether oxygens (including phenoxy) is 1. The van der Waals surface area contributed by atoms with E-state index in [2.05, 4.69) is 6.92 Å². The molecule has 1 amide bonds. The van der Waals surface area contributed by atoms with Crippen molar-refractivity contribution in [2.75, 3.05) is 19.7 Å². The standard InChI is InChI=1S/C21H23NO6/c1-11-5-6-22(9-11)16(24)8-14-12(2)17-13-4-3-7-27-20(13)18(25)15(10-23)19(17)28-21(14)26/h10-11,25H,3-9H2,1-2H3. The van der Waals surface area contributed by atoms with E-state index in [9.17, 15) is 19.5 Å². The van der Waals surface area contributed by atoms with Gasteiger partial charge in [0.1, 0.15) is 5.56 Å². The van der Waals surface area contributed by atoms with Crippen LogP contribution in [0.25, 0.3) is 11.0 Å². The molecule has 28 heavy (non-hydrogen) atoms. The smallest absolute Gasteiger partial charge is 0.340 e. The molecule has 0 saturated carbocycles. The van der Waals surface area contributed by atoms with Crippen molar-refractivity contribution >= 4 is 23.2 Å². The third kappa shape index (κ3) is 2.85. The topological polar surface area (TPSA) is 97.1 Å². The zero-order valence-corrected chi connectivity index (χ0v) is 16.0. The summed E-state index contributed by atoms with van der Waals surface area (Å²) in [5.41, 5.74) is 0.940. The summed E-state index contributed by atoms with van der Waals surface area (Å²) in [6, 6.07) is 0. The highest BCUT2D eigenvalue weighted by atomic mass is 16.5. The molecule has 1 aromatic carbocycles. The first-order valence-electron chi connectivity index (χ1n) is 9.62. The number of phenolic OH excluding ortho intramolecular Hbond substituents is 1. The van der Waals surface area contributed by atoms with Crippen molar-refractivity contribution < 1.29 is 23.8 Å². The maximum Gasteiger partial charge on any atom is 0.340 e. The lowest BCUT2D eigenvalue weighted by Gasteiger charge is -2.23. The van der Waals surface area contributed by atoms with Gasteiger partial charge in [-0.3, -0.25) is 9.59 Å². The van der Waals surface area contributed by atoms with Crippen LogP contribution in [0.1, 0.15) is 46.8 Å². The number of carbonyl (C=O) groups is 2. The number of aryl methyl sites for hydroxylation is 2. The Bertz CT molecular complexity index is 1040. The van der Waals surface area contributed by atoms with Crippen LogP contribution >= 0.6 is 0 Å². The Morgan fingerprint density at radius 3 is 2.86 bits per heavy atom. The van der Waals surface area contributed by atoms with Gasteiger partial charge >= 0.3 is 5.63 Å². The number of phenols is 1. The number of hydrogen-bond donors (Lipinski definition) is 1. The number of benzene rings is 1. The van der Waals surface area contributed by atoms with Crippen LogP contribution in [0.15, 0.2) is 9.21 Å². The lowest BCUT2D eigenvalue weighted by atomic mass is 9.92. The molecule has 0 radical (unpaired) electrons. The SMILES string of the molecule is Cc1c(CC(=O)N2CCC(C)C2)c(=O)oc2c(C=O)c(O)c3c(c12)CCCO3. The lowest BCUT2D eigenvalue weighted by molar-refractivity contribution is -0.129. The summed E-state index contributed by atoms with van der Waals surface area (Å²) in [6.07, 6.45) is 2.77. The second kappa shape index (κ2) is 6.96. The molecule has 7 heteroatoms. The molecule has 1 atom stereocenters. The average molecular weight is 385 g/mol. The second-order valence-electron chi connectivity index (χ2n) is 7.75. The number of rotatable bonds is 3. The molecule has 148 valence electrons. The molecule has 0 aliphatic carbocycles. The third-order valence-electron chi connectivity index (χ3n) is 5.83. The van der Waals surface area contributed by atoms with Crippen molar-refractivity contribution in [1.82, 2.24) is 4.90 Å². The number of carbonyl (C=O) groups excluding carboxylic acids is 2. The molecule has 4 rings (SSSR count). The minimum Gasteiger partial charge on any atom is -0.504 e. The van der Waals surface area contributed by atoms with Gasteiger partial charge < -0.3 is 19.2 Å². The van der Waals surface area contributed by atoms with Gasteiger partial charge in [0.15, 0.2) is 23.4 Å². The quantitative estimate of drug-likeness (QED) is 0.643. The zero-order valence-electron chi connectivity index (χ0n) is 16.0. The minimum absolute atomic E-state index is 0.0379. The Labute approximate surface area is 161 Å². The van der Waals surface area contributed by atoms with E-state index in [1.54, 1.807) is 11.8 Å². The molecule has 2 aliphatic heterocycles. The van der Waals surface area contributed by atoms with Crippen LogP contribution in [0.2, 0.25) is 0 Å². The summed E-state index contributed by atoms with van der Waals surface area (Å²) in [5, 5.41) is 11.0. The van der Waals surface area contributed by atoms with Crippen LogP contribution in [0.5, 0.6) is 11.5 Å². The van der Waals surface area contributed by atoms with E-state index in [4.69, 9.17) is 9.15 Å². The van der Waals surface area contributed by atoms with Crippen molar-refractivity contribution in [2.45, 2.75) is 39.5 Å². The van der Waals surface area contributed by atoms with Gasteiger partial charge in [-0.2, -0.15) is 0 Å². The predicted molar refractivity (Wildman–Crippen MR) is 102 cm³/mol. The monoisotopic (exact) mass is 385 g/mol. The van der Waals surface area contributed by atoms with Crippen LogP contribution in [-0.2, 0) is 17.6 Å². The number of nitrogens with zero attached hydrogens (tertiary/aromatic N) is 1. The van der Waals surface area contributed by atoms with E-state index in [0.717, 1.165) is 12.8 Å². The molecule has 0 bridgehead atoms. The van der Waals surface area contributed by atoms with E-state index < -0.39 is 5.63 Å². The lowest BCUT2D eigenvalue weighted by Crippen LogP contribution is -2.31. The van der Waals surface area contributed by atoms with Gasteiger partial charge in [-0.1, -0.05) is 6.92 Å². The van der Waals surface area contributed by atoms with Crippen molar-refractivity contribution in [3.8, 4) is 11.5 Å². The normalized spacial score (nSPS) is 18.8. The highest BCUT2D eigenvalue weighted by Gasteiger charge is 2.29. The average Bonchev–Trinajstić information content (AvgIpc) is 3.12. The molecule has 0 spiro atoms. The fourth-order valence-electron chi connectivity index (χ4n) is 4.27. The van der Waals surface area contributed by atoms with E-state index in [1.165, 1.54) is 0 Å². The third-order valence-corrected chi connectivity index (χ3v) is 5.83. The second-order valence-corrected chi connectivity index (χ2v) is 7.75. The number of aldehydes is 1. The van der Waals surface area contributed by atoms with E-state index in [1.807, 2.05) is 0 Å². The Kier molecular flexibility index (Phi) is 4.61. The highest BCUT2D eigenvalue weighted by molar-refractivity contribution is 6.02. The van der Waals surface area contributed by atoms with Crippen LogP contribution < -0.4 is 10.4 Å². The fourth-order valence-corrected chi connectivity index (χ4v) is 4.27. The summed E-state index contributed by atoms with van der Waals surface area (Å²) in [7, 11) is 0. The van der Waals surface area contributed by atoms with Crippen molar-refractivity contribution in [3.05, 3.63) is 32.7 Å². The molecule has 1 saturated heterocycles. The van der Waals surface area contributed by atoms with E-state index in [-0.39, 0.29) is 35.0 Å². The number of amides is 1. The highest BCUT2D eigenvalue weighted by Crippen LogP contribution is 2.43. The molecule has 1 N–H and O–H groups in total. The van der Waals surface area contributed by atoms with Gasteiger partial charge in [0.2, 0.25) is 5.91 Å². The Morgan fingerprint density at radius 2 is 2.18 bits per heavy atom. The van der Waals surface area contributed by atoms with Crippen molar-refractivity contribution in [2.24, 2.45) is 5.92 Å². The number of likely N-dealkylation sites (tertiary alicyclic amines) is 1. The van der Waals surface area contributed by atoms with Crippen LogP contribution in [-0.4, -0.2) is 41.9 Å². The van der Waals surface area contributed by atoms with Gasteiger partial charge in [-0.05, 0) is 37.7 Å². The first-order valence-corrected chi connectivity index (χ1v) is 9.62. The summed E-state index contributed by atoms with van der Waals surface area (Å²) < 4.78 is 11.1. The van der Waals surface area contributed by atoms with Gasteiger partial charge in [-0.25, -0.2) is 4.79 Å². The summed E-state index contributed by atoms with van der Waals surface area (Å²) in [4.78, 5) is 38.7. The molecule has 7 nitrogen and oxygen atoms in total. The minimum atomic E-state index is -0.648. The first-order chi connectivity index (χ1) is 13.4. The van der Waals surface area contributed by atoms with Crippen LogP contribution in [0, 0.1) is 12.8 Å². The van der Waals surface area contributed by atoms with E-state index >= 15 is 0 Å². The van der Waals surface area contributed by atoms with Gasteiger partial charge in [0, 0.05) is 24.0 Å². The molecular weight excluding hydrogens is 362 g/mol. The summed E-state index contributed by atoms with van der Waals surface area (Å²) in [6.45, 7) is 5.70. The van der Waals surface area contributed by atoms with Crippen LogP contribution in [0.3, 0.4) is 0 Å². The molecular formula is C21H23NO6. The maximum absolute atomic E-state index is 12.7. The van der Waals surface area contributed by atoms with Crippen LogP contribution in [0.4, 0.5) is 0 Å².